The third-order valence-electron chi connectivity index (χ3n) is 5.40. The van der Waals surface area contributed by atoms with Crippen molar-refractivity contribution in [2.75, 3.05) is 31.2 Å². The number of aromatic nitrogens is 3. The number of benzene rings is 2. The first-order valence-corrected chi connectivity index (χ1v) is 11.9. The molecule has 32 heavy (non-hydrogen) atoms. The maximum atomic E-state index is 12.9. The number of ether oxygens (including phenoxy) is 1. The molecule has 1 aliphatic rings. The zero-order valence-corrected chi connectivity index (χ0v) is 19.1. The molecule has 1 atom stereocenters. The summed E-state index contributed by atoms with van der Waals surface area (Å²) < 4.78 is 7.63. The predicted molar refractivity (Wildman–Crippen MR) is 127 cm³/mol. The van der Waals surface area contributed by atoms with Gasteiger partial charge in [0.15, 0.2) is 5.16 Å². The minimum Gasteiger partial charge on any atom is -0.378 e. The highest BCUT2D eigenvalue weighted by molar-refractivity contribution is 8.00. The summed E-state index contributed by atoms with van der Waals surface area (Å²) in [5, 5.41) is 12.6. The number of thioether (sulfide) groups is 1. The molecule has 1 aromatic heterocycles. The monoisotopic (exact) mass is 451 g/mol. The van der Waals surface area contributed by atoms with Crippen LogP contribution in [0.25, 0.3) is 0 Å². The molecule has 2 aromatic carbocycles. The lowest BCUT2D eigenvalue weighted by Gasteiger charge is -2.28. The van der Waals surface area contributed by atoms with Crippen molar-refractivity contribution in [1.29, 1.82) is 0 Å². The summed E-state index contributed by atoms with van der Waals surface area (Å²) in [4.78, 5) is 15.1. The molecule has 1 amide bonds. The van der Waals surface area contributed by atoms with Crippen molar-refractivity contribution in [3.05, 3.63) is 71.8 Å². The van der Waals surface area contributed by atoms with E-state index in [0.717, 1.165) is 29.8 Å². The van der Waals surface area contributed by atoms with E-state index in [2.05, 4.69) is 37.1 Å². The lowest BCUT2D eigenvalue weighted by atomic mass is 10.2. The van der Waals surface area contributed by atoms with E-state index in [-0.39, 0.29) is 11.2 Å². The molecule has 1 unspecified atom stereocenters. The van der Waals surface area contributed by atoms with Crippen LogP contribution in [0.15, 0.2) is 65.8 Å². The Morgan fingerprint density at radius 3 is 2.34 bits per heavy atom. The zero-order chi connectivity index (χ0) is 22.2. The third kappa shape index (κ3) is 5.69. The molecule has 0 saturated carbocycles. The maximum Gasteiger partial charge on any atom is 0.233 e. The van der Waals surface area contributed by atoms with Crippen molar-refractivity contribution < 1.29 is 9.53 Å². The van der Waals surface area contributed by atoms with Gasteiger partial charge in [0.2, 0.25) is 11.9 Å². The van der Waals surface area contributed by atoms with Gasteiger partial charge in [0, 0.05) is 19.6 Å². The minimum absolute atomic E-state index is 0.0172. The van der Waals surface area contributed by atoms with Gasteiger partial charge >= 0.3 is 0 Å². The fraction of sp³-hybridized carbons (Fsp3) is 0.375. The highest BCUT2D eigenvalue weighted by Crippen LogP contribution is 2.29. The Morgan fingerprint density at radius 1 is 1.03 bits per heavy atom. The molecule has 3 aromatic rings. The van der Waals surface area contributed by atoms with Gasteiger partial charge < -0.3 is 15.0 Å². The normalized spacial score (nSPS) is 14.8. The molecular formula is C24H29N5O2S. The number of anilines is 1. The predicted octanol–water partition coefficient (Wildman–Crippen LogP) is 3.35. The second-order valence-corrected chi connectivity index (χ2v) is 8.84. The first-order chi connectivity index (χ1) is 15.7. The molecule has 168 valence electrons. The highest BCUT2D eigenvalue weighted by atomic mass is 32.2. The van der Waals surface area contributed by atoms with Gasteiger partial charge in [-0.25, -0.2) is 0 Å². The van der Waals surface area contributed by atoms with Crippen LogP contribution in [0.4, 0.5) is 5.95 Å². The molecule has 2 heterocycles. The number of morpholine rings is 1. The first kappa shape index (κ1) is 22.4. The summed E-state index contributed by atoms with van der Waals surface area (Å²) in [6.45, 7) is 6.14. The third-order valence-corrected chi connectivity index (χ3v) is 6.74. The molecule has 8 heteroatoms. The van der Waals surface area contributed by atoms with E-state index < -0.39 is 0 Å². The van der Waals surface area contributed by atoms with E-state index in [9.17, 15) is 4.79 Å². The number of hydrogen-bond acceptors (Lipinski definition) is 6. The van der Waals surface area contributed by atoms with Crippen molar-refractivity contribution in [2.24, 2.45) is 0 Å². The molecule has 0 radical (unpaired) electrons. The second kappa shape index (κ2) is 11.2. The average molecular weight is 452 g/mol. The van der Waals surface area contributed by atoms with E-state index in [4.69, 9.17) is 4.74 Å². The van der Waals surface area contributed by atoms with E-state index in [1.165, 1.54) is 17.3 Å². The van der Waals surface area contributed by atoms with Crippen LogP contribution in [-0.4, -0.2) is 52.2 Å². The Balaban J connectivity index is 1.51. The molecule has 1 saturated heterocycles. The van der Waals surface area contributed by atoms with Gasteiger partial charge in [-0.05, 0) is 17.5 Å². The first-order valence-electron chi connectivity index (χ1n) is 11.0. The highest BCUT2D eigenvalue weighted by Gasteiger charge is 2.25. The minimum atomic E-state index is -0.241. The molecule has 0 bridgehead atoms. The van der Waals surface area contributed by atoms with Crippen molar-refractivity contribution >= 4 is 23.6 Å². The largest absolute Gasteiger partial charge is 0.378 e. The lowest BCUT2D eigenvalue weighted by molar-refractivity contribution is -0.120. The number of carbonyl (C=O) groups excluding carboxylic acids is 1. The Hall–Kier alpha value is -2.84. The van der Waals surface area contributed by atoms with Gasteiger partial charge in [-0.2, -0.15) is 0 Å². The fourth-order valence-electron chi connectivity index (χ4n) is 3.62. The van der Waals surface area contributed by atoms with Gasteiger partial charge in [-0.15, -0.1) is 10.2 Å². The average Bonchev–Trinajstić information content (AvgIpc) is 3.24. The van der Waals surface area contributed by atoms with Gasteiger partial charge in [0.25, 0.3) is 0 Å². The van der Waals surface area contributed by atoms with E-state index in [0.29, 0.717) is 32.7 Å². The molecule has 0 spiro atoms. The SMILES string of the molecule is CCC(Sc1nnc(N2CCOCC2)n1Cc1ccccc1)C(=O)NCc1ccccc1. The zero-order valence-electron chi connectivity index (χ0n) is 18.3. The van der Waals surface area contributed by atoms with Gasteiger partial charge in [-0.1, -0.05) is 79.3 Å². The van der Waals surface area contributed by atoms with E-state index in [1.807, 2.05) is 55.5 Å². The van der Waals surface area contributed by atoms with Crippen LogP contribution in [-0.2, 0) is 22.6 Å². The molecule has 1 fully saturated rings. The van der Waals surface area contributed by atoms with E-state index >= 15 is 0 Å². The van der Waals surface area contributed by atoms with E-state index in [1.54, 1.807) is 0 Å². The summed E-state index contributed by atoms with van der Waals surface area (Å²) in [5.74, 6) is 0.850. The van der Waals surface area contributed by atoms with Crippen LogP contribution < -0.4 is 10.2 Å². The molecule has 7 nitrogen and oxygen atoms in total. The van der Waals surface area contributed by atoms with Gasteiger partial charge in [0.05, 0.1) is 25.0 Å². The fourth-order valence-corrected chi connectivity index (χ4v) is 4.59. The Morgan fingerprint density at radius 2 is 1.69 bits per heavy atom. The number of nitrogens with zero attached hydrogens (tertiary/aromatic N) is 4. The Kier molecular flexibility index (Phi) is 7.79. The van der Waals surface area contributed by atoms with Crippen molar-refractivity contribution in [3.63, 3.8) is 0 Å². The Bertz CT molecular complexity index is 990. The Labute approximate surface area is 193 Å². The summed E-state index contributed by atoms with van der Waals surface area (Å²) in [6.07, 6.45) is 0.705. The van der Waals surface area contributed by atoms with Gasteiger partial charge in [0.1, 0.15) is 0 Å². The number of amides is 1. The summed E-state index contributed by atoms with van der Waals surface area (Å²) >= 11 is 1.48. The van der Waals surface area contributed by atoms with Crippen LogP contribution in [0.3, 0.4) is 0 Å². The van der Waals surface area contributed by atoms with Crippen molar-refractivity contribution in [3.8, 4) is 0 Å². The smallest absolute Gasteiger partial charge is 0.233 e. The topological polar surface area (TPSA) is 72.3 Å². The second-order valence-electron chi connectivity index (χ2n) is 7.67. The molecular weight excluding hydrogens is 422 g/mol. The molecule has 1 N–H and O–H groups in total. The molecule has 1 aliphatic heterocycles. The lowest BCUT2D eigenvalue weighted by Crippen LogP contribution is -2.38. The van der Waals surface area contributed by atoms with Crippen LogP contribution >= 0.6 is 11.8 Å². The standard InChI is InChI=1S/C24H29N5O2S/c1-2-21(22(30)25-17-19-9-5-3-6-10-19)32-24-27-26-23(28-13-15-31-16-14-28)29(24)18-20-11-7-4-8-12-20/h3-12,21H,2,13-18H2,1H3,(H,25,30). The van der Waals surface area contributed by atoms with Crippen LogP contribution in [0, 0.1) is 0 Å². The quantitative estimate of drug-likeness (QED) is 0.503. The van der Waals surface area contributed by atoms with Crippen molar-refractivity contribution in [1.82, 2.24) is 20.1 Å². The van der Waals surface area contributed by atoms with Crippen molar-refractivity contribution in [2.45, 2.75) is 36.8 Å². The van der Waals surface area contributed by atoms with Gasteiger partial charge in [-0.3, -0.25) is 9.36 Å². The summed E-state index contributed by atoms with van der Waals surface area (Å²) in [6, 6.07) is 20.2. The summed E-state index contributed by atoms with van der Waals surface area (Å²) in [5.41, 5.74) is 2.26. The number of nitrogens with one attached hydrogen (secondary N) is 1. The number of carbonyl (C=O) groups is 1. The summed E-state index contributed by atoms with van der Waals surface area (Å²) in [7, 11) is 0. The molecule has 0 aliphatic carbocycles. The maximum absolute atomic E-state index is 12.9. The van der Waals surface area contributed by atoms with Crippen LogP contribution in [0.5, 0.6) is 0 Å². The van der Waals surface area contributed by atoms with Crippen LogP contribution in [0.2, 0.25) is 0 Å². The van der Waals surface area contributed by atoms with Crippen LogP contribution in [0.1, 0.15) is 24.5 Å². The number of rotatable bonds is 9. The number of hydrogen-bond donors (Lipinski definition) is 1. The molecule has 4 rings (SSSR count).